The molecule has 0 N–H and O–H groups in total. The Labute approximate surface area is 72.5 Å². The SMILES string of the molecule is CC(Cl)CC(=O)N1CCCC1. The first-order valence-corrected chi connectivity index (χ1v) is 4.55. The summed E-state index contributed by atoms with van der Waals surface area (Å²) >= 11 is 5.70. The molecule has 2 nitrogen and oxygen atoms in total. The summed E-state index contributed by atoms with van der Waals surface area (Å²) in [6, 6.07) is 0. The fourth-order valence-corrected chi connectivity index (χ4v) is 1.47. The first kappa shape index (κ1) is 8.85. The van der Waals surface area contributed by atoms with Crippen molar-refractivity contribution in [3.63, 3.8) is 0 Å². The van der Waals surface area contributed by atoms with Gasteiger partial charge in [0.15, 0.2) is 0 Å². The molecule has 1 aliphatic heterocycles. The second-order valence-corrected chi connectivity index (χ2v) is 3.82. The highest BCUT2D eigenvalue weighted by atomic mass is 35.5. The Hall–Kier alpha value is -0.240. The van der Waals surface area contributed by atoms with E-state index in [9.17, 15) is 4.79 Å². The molecule has 0 aromatic rings. The Kier molecular flexibility index (Phi) is 3.18. The van der Waals surface area contributed by atoms with Crippen molar-refractivity contribution < 1.29 is 4.79 Å². The molecule has 1 heterocycles. The second-order valence-electron chi connectivity index (χ2n) is 3.07. The number of nitrogens with zero attached hydrogens (tertiary/aromatic N) is 1. The number of hydrogen-bond acceptors (Lipinski definition) is 1. The van der Waals surface area contributed by atoms with Gasteiger partial charge in [-0.1, -0.05) is 0 Å². The van der Waals surface area contributed by atoms with Crippen LogP contribution in [0.3, 0.4) is 0 Å². The third-order valence-corrected chi connectivity index (χ3v) is 2.07. The zero-order valence-electron chi connectivity index (χ0n) is 6.85. The third-order valence-electron chi connectivity index (χ3n) is 1.91. The smallest absolute Gasteiger partial charge is 0.224 e. The predicted molar refractivity (Wildman–Crippen MR) is 45.7 cm³/mol. The lowest BCUT2D eigenvalue weighted by Gasteiger charge is -2.15. The van der Waals surface area contributed by atoms with Gasteiger partial charge in [0.05, 0.1) is 0 Å². The first-order chi connectivity index (χ1) is 5.20. The van der Waals surface area contributed by atoms with Crippen LogP contribution >= 0.6 is 11.6 Å². The predicted octanol–water partition coefficient (Wildman–Crippen LogP) is 1.63. The van der Waals surface area contributed by atoms with Gasteiger partial charge in [-0.3, -0.25) is 4.79 Å². The van der Waals surface area contributed by atoms with Gasteiger partial charge in [-0.25, -0.2) is 0 Å². The van der Waals surface area contributed by atoms with Crippen LogP contribution < -0.4 is 0 Å². The van der Waals surface area contributed by atoms with Gasteiger partial charge in [0.2, 0.25) is 5.91 Å². The zero-order chi connectivity index (χ0) is 8.27. The van der Waals surface area contributed by atoms with Crippen LogP contribution in [0, 0.1) is 0 Å². The number of halogens is 1. The summed E-state index contributed by atoms with van der Waals surface area (Å²) in [5.41, 5.74) is 0. The van der Waals surface area contributed by atoms with Crippen LogP contribution in [0.15, 0.2) is 0 Å². The summed E-state index contributed by atoms with van der Waals surface area (Å²) in [4.78, 5) is 13.2. The molecule has 11 heavy (non-hydrogen) atoms. The molecule has 0 spiro atoms. The Balaban J connectivity index is 2.28. The van der Waals surface area contributed by atoms with Gasteiger partial charge in [-0.2, -0.15) is 0 Å². The van der Waals surface area contributed by atoms with Crippen LogP contribution in [0.25, 0.3) is 0 Å². The van der Waals surface area contributed by atoms with Crippen molar-refractivity contribution in [3.8, 4) is 0 Å². The molecule has 64 valence electrons. The quantitative estimate of drug-likeness (QED) is 0.585. The van der Waals surface area contributed by atoms with Crippen molar-refractivity contribution in [2.45, 2.75) is 31.6 Å². The number of carbonyl (C=O) groups excluding carboxylic acids is 1. The molecule has 1 atom stereocenters. The first-order valence-electron chi connectivity index (χ1n) is 4.12. The van der Waals surface area contributed by atoms with E-state index in [-0.39, 0.29) is 11.3 Å². The molecule has 0 aromatic heterocycles. The molecule has 0 aromatic carbocycles. The van der Waals surface area contributed by atoms with E-state index < -0.39 is 0 Å². The average molecular weight is 176 g/mol. The maximum Gasteiger partial charge on any atom is 0.224 e. The fourth-order valence-electron chi connectivity index (χ4n) is 1.34. The van der Waals surface area contributed by atoms with E-state index in [2.05, 4.69) is 0 Å². The van der Waals surface area contributed by atoms with Crippen LogP contribution in [-0.2, 0) is 4.79 Å². The van der Waals surface area contributed by atoms with E-state index in [1.165, 1.54) is 0 Å². The van der Waals surface area contributed by atoms with Gasteiger partial charge in [0, 0.05) is 24.9 Å². The minimum atomic E-state index is -0.0249. The van der Waals surface area contributed by atoms with Gasteiger partial charge in [0.1, 0.15) is 0 Å². The minimum Gasteiger partial charge on any atom is -0.343 e. The molecule has 0 bridgehead atoms. The lowest BCUT2D eigenvalue weighted by atomic mass is 10.3. The van der Waals surface area contributed by atoms with E-state index in [1.807, 2.05) is 11.8 Å². The van der Waals surface area contributed by atoms with Crippen molar-refractivity contribution in [1.29, 1.82) is 0 Å². The standard InChI is InChI=1S/C8H14ClNO/c1-7(9)6-8(11)10-4-2-3-5-10/h7H,2-6H2,1H3. The summed E-state index contributed by atoms with van der Waals surface area (Å²) in [5.74, 6) is 0.213. The molecule has 0 aliphatic carbocycles. The summed E-state index contributed by atoms with van der Waals surface area (Å²) < 4.78 is 0. The van der Waals surface area contributed by atoms with Crippen LogP contribution in [0.5, 0.6) is 0 Å². The lowest BCUT2D eigenvalue weighted by Crippen LogP contribution is -2.28. The van der Waals surface area contributed by atoms with E-state index in [0.29, 0.717) is 6.42 Å². The topological polar surface area (TPSA) is 20.3 Å². The highest BCUT2D eigenvalue weighted by Gasteiger charge is 2.18. The molecule has 1 fully saturated rings. The summed E-state index contributed by atoms with van der Waals surface area (Å²) in [5, 5.41) is -0.0249. The van der Waals surface area contributed by atoms with Crippen LogP contribution in [0.2, 0.25) is 0 Å². The highest BCUT2D eigenvalue weighted by Crippen LogP contribution is 2.11. The third kappa shape index (κ3) is 2.70. The van der Waals surface area contributed by atoms with Crippen LogP contribution in [0.4, 0.5) is 0 Å². The van der Waals surface area contributed by atoms with Gasteiger partial charge >= 0.3 is 0 Å². The van der Waals surface area contributed by atoms with Gasteiger partial charge < -0.3 is 4.90 Å². The monoisotopic (exact) mass is 175 g/mol. The normalized spacial score (nSPS) is 20.4. The molecular formula is C8H14ClNO. The molecule has 1 amide bonds. The Morgan fingerprint density at radius 1 is 1.55 bits per heavy atom. The zero-order valence-corrected chi connectivity index (χ0v) is 7.60. The van der Waals surface area contributed by atoms with E-state index in [0.717, 1.165) is 25.9 Å². The van der Waals surface area contributed by atoms with Crippen LogP contribution in [-0.4, -0.2) is 29.3 Å². The molecule has 1 rings (SSSR count). The summed E-state index contributed by atoms with van der Waals surface area (Å²) in [6.07, 6.45) is 2.80. The molecule has 1 aliphatic rings. The average Bonchev–Trinajstić information content (AvgIpc) is 2.35. The van der Waals surface area contributed by atoms with E-state index >= 15 is 0 Å². The molecular weight excluding hydrogens is 162 g/mol. The molecule has 0 radical (unpaired) electrons. The Bertz CT molecular complexity index is 141. The highest BCUT2D eigenvalue weighted by molar-refractivity contribution is 6.21. The Morgan fingerprint density at radius 3 is 2.55 bits per heavy atom. The van der Waals surface area contributed by atoms with Crippen molar-refractivity contribution in [2.75, 3.05) is 13.1 Å². The maximum absolute atomic E-state index is 11.3. The van der Waals surface area contributed by atoms with Crippen molar-refractivity contribution in [1.82, 2.24) is 4.90 Å². The summed E-state index contributed by atoms with van der Waals surface area (Å²) in [6.45, 7) is 3.72. The number of alkyl halides is 1. The largest absolute Gasteiger partial charge is 0.343 e. The number of amides is 1. The second kappa shape index (κ2) is 3.96. The number of hydrogen-bond donors (Lipinski definition) is 0. The number of carbonyl (C=O) groups is 1. The summed E-state index contributed by atoms with van der Waals surface area (Å²) in [7, 11) is 0. The fraction of sp³-hybridized carbons (Fsp3) is 0.875. The molecule has 3 heteroatoms. The number of likely N-dealkylation sites (tertiary alicyclic amines) is 1. The number of rotatable bonds is 2. The van der Waals surface area contributed by atoms with Gasteiger partial charge in [-0.05, 0) is 19.8 Å². The molecule has 1 saturated heterocycles. The van der Waals surface area contributed by atoms with Gasteiger partial charge in [-0.15, -0.1) is 11.6 Å². The Morgan fingerprint density at radius 2 is 2.09 bits per heavy atom. The minimum absolute atomic E-state index is 0.0249. The van der Waals surface area contributed by atoms with Crippen molar-refractivity contribution >= 4 is 17.5 Å². The molecule has 0 saturated carbocycles. The van der Waals surface area contributed by atoms with Crippen molar-refractivity contribution in [3.05, 3.63) is 0 Å². The van der Waals surface area contributed by atoms with E-state index in [1.54, 1.807) is 0 Å². The van der Waals surface area contributed by atoms with Crippen LogP contribution in [0.1, 0.15) is 26.2 Å². The van der Waals surface area contributed by atoms with E-state index in [4.69, 9.17) is 11.6 Å². The van der Waals surface area contributed by atoms with Gasteiger partial charge in [0.25, 0.3) is 0 Å². The maximum atomic E-state index is 11.3. The lowest BCUT2D eigenvalue weighted by molar-refractivity contribution is -0.130. The van der Waals surface area contributed by atoms with Crippen molar-refractivity contribution in [2.24, 2.45) is 0 Å². The molecule has 1 unspecified atom stereocenters.